The minimum absolute atomic E-state index is 0.0202. The molecule has 2 aromatic carbocycles. The molecule has 2 atom stereocenters. The molecule has 1 aliphatic carbocycles. The highest BCUT2D eigenvalue weighted by molar-refractivity contribution is 5.81. The largest absolute Gasteiger partial charge is 0.481 e. The van der Waals surface area contributed by atoms with Crippen LogP contribution in [0.1, 0.15) is 49.7 Å². The summed E-state index contributed by atoms with van der Waals surface area (Å²) in [4.78, 5) is 38.2. The number of carbonyl (C=O) groups is 3. The highest BCUT2D eigenvalue weighted by Gasteiger charge is 2.34. The molecule has 2 aromatic rings. The van der Waals surface area contributed by atoms with Crippen molar-refractivity contribution in [3.8, 4) is 11.1 Å². The fraction of sp³-hybridized carbons (Fsp3) is 0.423. The van der Waals surface area contributed by atoms with Gasteiger partial charge in [-0.2, -0.15) is 0 Å². The van der Waals surface area contributed by atoms with Gasteiger partial charge in [0.25, 0.3) is 0 Å². The number of carboxylic acid groups (broad SMARTS) is 1. The molecule has 7 nitrogen and oxygen atoms in total. The van der Waals surface area contributed by atoms with Gasteiger partial charge in [-0.15, -0.1) is 0 Å². The number of hydrogen-bond donors (Lipinski definition) is 2. The Morgan fingerprint density at radius 3 is 2.33 bits per heavy atom. The van der Waals surface area contributed by atoms with Gasteiger partial charge in [0, 0.05) is 25.0 Å². The number of alkyl carbamates (subject to hydrolysis) is 1. The van der Waals surface area contributed by atoms with Crippen LogP contribution in [-0.4, -0.2) is 53.7 Å². The normalized spacial score (nSPS) is 17.8. The van der Waals surface area contributed by atoms with Gasteiger partial charge in [0.05, 0.1) is 12.3 Å². The van der Waals surface area contributed by atoms with Crippen LogP contribution in [0.15, 0.2) is 48.5 Å². The second-order valence-corrected chi connectivity index (χ2v) is 8.74. The van der Waals surface area contributed by atoms with E-state index in [1.807, 2.05) is 31.2 Å². The van der Waals surface area contributed by atoms with Crippen molar-refractivity contribution >= 4 is 18.0 Å². The van der Waals surface area contributed by atoms with Gasteiger partial charge in [0.1, 0.15) is 6.61 Å². The molecular formula is C26H30N2O5. The monoisotopic (exact) mass is 450 g/mol. The molecule has 7 heteroatoms. The van der Waals surface area contributed by atoms with E-state index < -0.39 is 18.0 Å². The molecule has 2 aliphatic rings. The molecule has 1 unspecified atom stereocenters. The van der Waals surface area contributed by atoms with E-state index in [0.717, 1.165) is 17.5 Å². The molecule has 1 aliphatic heterocycles. The van der Waals surface area contributed by atoms with Crippen LogP contribution < -0.4 is 5.32 Å². The van der Waals surface area contributed by atoms with E-state index >= 15 is 0 Å². The zero-order chi connectivity index (χ0) is 23.4. The summed E-state index contributed by atoms with van der Waals surface area (Å²) < 4.78 is 5.56. The molecule has 33 heavy (non-hydrogen) atoms. The Balaban J connectivity index is 1.33. The lowest BCUT2D eigenvalue weighted by Gasteiger charge is -2.28. The molecule has 4 rings (SSSR count). The molecule has 1 saturated heterocycles. The number of nitrogens with one attached hydrogen (secondary N) is 1. The maximum Gasteiger partial charge on any atom is 0.407 e. The third kappa shape index (κ3) is 4.87. The maximum atomic E-state index is 13.0. The smallest absolute Gasteiger partial charge is 0.407 e. The van der Waals surface area contributed by atoms with Gasteiger partial charge in [-0.1, -0.05) is 55.5 Å². The van der Waals surface area contributed by atoms with E-state index in [4.69, 9.17) is 9.84 Å². The van der Waals surface area contributed by atoms with Crippen molar-refractivity contribution in [2.75, 3.05) is 19.7 Å². The molecule has 0 saturated carbocycles. The van der Waals surface area contributed by atoms with E-state index in [1.165, 1.54) is 11.1 Å². The number of aliphatic carboxylic acids is 1. The average Bonchev–Trinajstić information content (AvgIpc) is 3.40. The van der Waals surface area contributed by atoms with Gasteiger partial charge in [0.15, 0.2) is 0 Å². The number of rotatable bonds is 8. The van der Waals surface area contributed by atoms with Crippen molar-refractivity contribution in [1.29, 1.82) is 0 Å². The van der Waals surface area contributed by atoms with Crippen molar-refractivity contribution in [1.82, 2.24) is 10.2 Å². The highest BCUT2D eigenvalue weighted by atomic mass is 16.5. The lowest BCUT2D eigenvalue weighted by molar-refractivity contribution is -0.141. The van der Waals surface area contributed by atoms with Crippen molar-refractivity contribution in [3.05, 3.63) is 59.7 Å². The van der Waals surface area contributed by atoms with Crippen molar-refractivity contribution in [3.63, 3.8) is 0 Å². The van der Waals surface area contributed by atoms with Crippen LogP contribution >= 0.6 is 0 Å². The first-order chi connectivity index (χ1) is 16.0. The summed E-state index contributed by atoms with van der Waals surface area (Å²) in [5, 5.41) is 11.8. The standard InChI is InChI=1S/C26H30N2O5/c1-2-17(25(31)28-13-7-8-18(28)14-24(29)30)15-27-26(32)33-16-23-21-11-5-3-9-19(21)20-10-4-6-12-22(20)23/h3-6,9-12,17-18,23H,2,7-8,13-16H2,1H3,(H,27,32)(H,29,30)/t17?,18-/m1/s1. The first-order valence-corrected chi connectivity index (χ1v) is 11.6. The third-order valence-corrected chi connectivity index (χ3v) is 6.75. The molecule has 1 heterocycles. The lowest BCUT2D eigenvalue weighted by Crippen LogP contribution is -2.44. The number of likely N-dealkylation sites (tertiary alicyclic amines) is 1. The molecule has 2 N–H and O–H groups in total. The van der Waals surface area contributed by atoms with Gasteiger partial charge in [-0.05, 0) is 41.5 Å². The van der Waals surface area contributed by atoms with Gasteiger partial charge < -0.3 is 20.1 Å². The number of ether oxygens (including phenoxy) is 1. The van der Waals surface area contributed by atoms with Gasteiger partial charge >= 0.3 is 12.1 Å². The number of hydrogen-bond acceptors (Lipinski definition) is 4. The summed E-state index contributed by atoms with van der Waals surface area (Å²) in [6.45, 7) is 2.85. The summed E-state index contributed by atoms with van der Waals surface area (Å²) >= 11 is 0. The third-order valence-electron chi connectivity index (χ3n) is 6.75. The van der Waals surface area contributed by atoms with Crippen LogP contribution in [0.3, 0.4) is 0 Å². The fourth-order valence-electron chi connectivity index (χ4n) is 5.04. The Hall–Kier alpha value is -3.35. The molecule has 1 fully saturated rings. The number of fused-ring (bicyclic) bond motifs is 3. The molecule has 2 amide bonds. The first kappa shape index (κ1) is 22.8. The quantitative estimate of drug-likeness (QED) is 0.633. The van der Waals surface area contributed by atoms with Crippen molar-refractivity contribution in [2.45, 2.75) is 44.6 Å². The topological polar surface area (TPSA) is 95.9 Å². The Bertz CT molecular complexity index is 991. The first-order valence-electron chi connectivity index (χ1n) is 11.6. The van der Waals surface area contributed by atoms with Crippen LogP contribution in [0.25, 0.3) is 11.1 Å². The van der Waals surface area contributed by atoms with E-state index in [-0.39, 0.29) is 37.4 Å². The molecular weight excluding hydrogens is 420 g/mol. The van der Waals surface area contributed by atoms with E-state index in [2.05, 4.69) is 29.6 Å². The highest BCUT2D eigenvalue weighted by Crippen LogP contribution is 2.44. The minimum Gasteiger partial charge on any atom is -0.481 e. The van der Waals surface area contributed by atoms with Crippen molar-refractivity contribution < 1.29 is 24.2 Å². The van der Waals surface area contributed by atoms with Crippen LogP contribution in [0, 0.1) is 5.92 Å². The van der Waals surface area contributed by atoms with Gasteiger partial charge in [-0.25, -0.2) is 4.79 Å². The summed E-state index contributed by atoms with van der Waals surface area (Å²) in [5.74, 6) is -1.42. The van der Waals surface area contributed by atoms with Crippen LogP contribution in [0.4, 0.5) is 4.79 Å². The Morgan fingerprint density at radius 2 is 1.73 bits per heavy atom. The van der Waals surface area contributed by atoms with E-state index in [9.17, 15) is 14.4 Å². The van der Waals surface area contributed by atoms with E-state index in [0.29, 0.717) is 19.4 Å². The number of amides is 2. The Labute approximate surface area is 193 Å². The lowest BCUT2D eigenvalue weighted by atomic mass is 9.98. The van der Waals surface area contributed by atoms with Gasteiger partial charge in [-0.3, -0.25) is 9.59 Å². The predicted molar refractivity (Wildman–Crippen MR) is 124 cm³/mol. The molecule has 0 bridgehead atoms. The zero-order valence-electron chi connectivity index (χ0n) is 18.8. The van der Waals surface area contributed by atoms with Gasteiger partial charge in [0.2, 0.25) is 5.91 Å². The summed E-state index contributed by atoms with van der Waals surface area (Å²) in [7, 11) is 0. The van der Waals surface area contributed by atoms with Crippen LogP contribution in [0.2, 0.25) is 0 Å². The predicted octanol–water partition coefficient (Wildman–Crippen LogP) is 4.02. The SMILES string of the molecule is CCC(CNC(=O)OCC1c2ccccc2-c2ccccc21)C(=O)N1CCC[C@@H]1CC(=O)O. The number of carbonyl (C=O) groups excluding carboxylic acids is 2. The summed E-state index contributed by atoms with van der Waals surface area (Å²) in [5.41, 5.74) is 4.62. The number of benzene rings is 2. The number of nitrogens with zero attached hydrogens (tertiary/aromatic N) is 1. The molecule has 0 spiro atoms. The maximum absolute atomic E-state index is 13.0. The second-order valence-electron chi connectivity index (χ2n) is 8.74. The Kier molecular flexibility index (Phi) is 6.96. The molecule has 0 aromatic heterocycles. The molecule has 0 radical (unpaired) electrons. The average molecular weight is 451 g/mol. The summed E-state index contributed by atoms with van der Waals surface area (Å²) in [6.07, 6.45) is 1.47. The fourth-order valence-corrected chi connectivity index (χ4v) is 5.04. The second kappa shape index (κ2) is 10.1. The van der Waals surface area contributed by atoms with Crippen LogP contribution in [0.5, 0.6) is 0 Å². The van der Waals surface area contributed by atoms with Crippen molar-refractivity contribution in [2.24, 2.45) is 5.92 Å². The molecule has 174 valence electrons. The Morgan fingerprint density at radius 1 is 1.09 bits per heavy atom. The summed E-state index contributed by atoms with van der Waals surface area (Å²) in [6, 6.07) is 16.0. The minimum atomic E-state index is -0.899. The van der Waals surface area contributed by atoms with E-state index in [1.54, 1.807) is 4.90 Å². The zero-order valence-corrected chi connectivity index (χ0v) is 18.8. The number of carboxylic acids is 1. The van der Waals surface area contributed by atoms with Crippen LogP contribution in [-0.2, 0) is 14.3 Å².